The van der Waals surface area contributed by atoms with Gasteiger partial charge < -0.3 is 21.9 Å². The topological polar surface area (TPSA) is 149 Å². The Balaban J connectivity index is 0. The number of hydrogen-bond donors (Lipinski definition) is 4. The Morgan fingerprint density at radius 3 is 2.19 bits per heavy atom. The zero-order valence-corrected chi connectivity index (χ0v) is 17.7. The molecule has 1 fully saturated rings. The van der Waals surface area contributed by atoms with Gasteiger partial charge in [-0.05, 0) is 19.9 Å². The number of amidine groups is 1. The molecule has 0 unspecified atom stereocenters. The number of nitrogens with one attached hydrogen (secondary N) is 1. The van der Waals surface area contributed by atoms with Crippen LogP contribution in [0.3, 0.4) is 0 Å². The molecule has 1 aliphatic rings. The van der Waals surface area contributed by atoms with Crippen LogP contribution in [0.4, 0.5) is 13.2 Å². The summed E-state index contributed by atoms with van der Waals surface area (Å²) < 4.78 is 42.7. The highest BCUT2D eigenvalue weighted by Gasteiger charge is 2.31. The fourth-order valence-corrected chi connectivity index (χ4v) is 1.96. The van der Waals surface area contributed by atoms with Crippen LogP contribution in [-0.2, 0) is 14.3 Å². The Hall–Kier alpha value is -3.12. The fraction of sp³-hybridized carbons (Fsp3) is 0.421. The van der Waals surface area contributed by atoms with E-state index >= 15 is 0 Å². The number of nitrogens with zero attached hydrogens (tertiary/aromatic N) is 2. The van der Waals surface area contributed by atoms with Gasteiger partial charge in [-0.1, -0.05) is 24.8 Å². The van der Waals surface area contributed by atoms with Crippen LogP contribution in [0.25, 0.3) is 0 Å². The molecule has 1 saturated heterocycles. The number of ether oxygens (including phenoxy) is 1. The number of amides is 2. The molecule has 0 bridgehead atoms. The van der Waals surface area contributed by atoms with Crippen LogP contribution >= 0.6 is 0 Å². The van der Waals surface area contributed by atoms with Crippen molar-refractivity contribution in [2.24, 2.45) is 22.3 Å². The van der Waals surface area contributed by atoms with Gasteiger partial charge >= 0.3 is 6.18 Å². The highest BCUT2D eigenvalue weighted by molar-refractivity contribution is 5.99. The Kier molecular flexibility index (Phi) is 17.2. The summed E-state index contributed by atoms with van der Waals surface area (Å²) in [5.74, 6) is -0.339. The van der Waals surface area contributed by atoms with Gasteiger partial charge in [0.05, 0.1) is 25.3 Å². The Morgan fingerprint density at radius 1 is 1.26 bits per heavy atom. The second-order valence-corrected chi connectivity index (χ2v) is 5.66. The van der Waals surface area contributed by atoms with Crippen molar-refractivity contribution in [2.75, 3.05) is 32.8 Å². The van der Waals surface area contributed by atoms with Gasteiger partial charge in [-0.25, -0.2) is 0 Å². The first-order valence-corrected chi connectivity index (χ1v) is 9.08. The lowest BCUT2D eigenvalue weighted by Gasteiger charge is -2.24. The standard InChI is InChI=1S/C12H16F3N3.C6H12N2O2.CH3NO/c1-4-7-17-18-11(16)9(5-2)8-10(6-3)12(13,14)15;7-6(9)5-8-1-3-10-4-2-8;2-1-3/h4-8,17H,2H2,1,3H3,(H2,16,18);1-5H2,(H2,7,9);1H,(H2,2,3)/b7-4-,9-8+,10-6+;;. The lowest BCUT2D eigenvalue weighted by Crippen LogP contribution is -2.41. The Morgan fingerprint density at radius 2 is 1.81 bits per heavy atom. The monoisotopic (exact) mass is 448 g/mol. The minimum Gasteiger partial charge on any atom is -0.382 e. The minimum atomic E-state index is -4.43. The molecule has 0 radical (unpaired) electrons. The van der Waals surface area contributed by atoms with Crippen LogP contribution in [0.5, 0.6) is 0 Å². The SMILES string of the molecule is C=CC(=C\C(=C/C)C(F)(F)F)/C(N)=N/N/C=C\C.NC(=O)CN1CCOCC1.NC=O. The van der Waals surface area contributed by atoms with E-state index in [0.29, 0.717) is 19.8 Å². The van der Waals surface area contributed by atoms with Gasteiger partial charge in [-0.2, -0.15) is 18.3 Å². The second kappa shape index (κ2) is 17.7. The molecule has 0 aromatic carbocycles. The molecule has 176 valence electrons. The quantitative estimate of drug-likeness (QED) is 0.150. The number of hydrazone groups is 1. The van der Waals surface area contributed by atoms with Crippen molar-refractivity contribution in [2.45, 2.75) is 20.0 Å². The summed E-state index contributed by atoms with van der Waals surface area (Å²) in [7, 11) is 0. The third-order valence-corrected chi connectivity index (χ3v) is 3.37. The van der Waals surface area contributed by atoms with Gasteiger partial charge in [0.2, 0.25) is 12.3 Å². The lowest BCUT2D eigenvalue weighted by molar-refractivity contribution is -0.120. The molecule has 0 aliphatic carbocycles. The van der Waals surface area contributed by atoms with E-state index in [1.54, 1.807) is 13.0 Å². The van der Waals surface area contributed by atoms with E-state index < -0.39 is 11.7 Å². The van der Waals surface area contributed by atoms with Crippen molar-refractivity contribution in [3.05, 3.63) is 48.2 Å². The third kappa shape index (κ3) is 16.4. The van der Waals surface area contributed by atoms with Crippen LogP contribution in [0.2, 0.25) is 0 Å². The number of carbonyl (C=O) groups is 2. The average molecular weight is 448 g/mol. The number of carbonyl (C=O) groups excluding carboxylic acids is 2. The number of nitrogens with two attached hydrogens (primary N) is 3. The summed E-state index contributed by atoms with van der Waals surface area (Å²) in [6, 6.07) is 0. The first-order valence-electron chi connectivity index (χ1n) is 9.08. The number of alkyl halides is 3. The normalized spacial score (nSPS) is 15.8. The number of primary amides is 2. The van der Waals surface area contributed by atoms with Crippen LogP contribution in [0, 0.1) is 0 Å². The molecule has 0 saturated carbocycles. The molecule has 12 heteroatoms. The smallest absolute Gasteiger partial charge is 0.382 e. The Bertz CT molecular complexity index is 667. The number of rotatable bonds is 7. The zero-order valence-electron chi connectivity index (χ0n) is 17.7. The average Bonchev–Trinajstić information content (AvgIpc) is 2.69. The molecule has 7 N–H and O–H groups in total. The minimum absolute atomic E-state index is 0.0771. The van der Waals surface area contributed by atoms with E-state index in [9.17, 15) is 18.0 Å². The van der Waals surface area contributed by atoms with Crippen molar-refractivity contribution in [1.29, 1.82) is 0 Å². The van der Waals surface area contributed by atoms with E-state index in [1.165, 1.54) is 19.2 Å². The molecule has 2 amide bonds. The summed E-state index contributed by atoms with van der Waals surface area (Å²) >= 11 is 0. The van der Waals surface area contributed by atoms with E-state index in [1.807, 2.05) is 4.90 Å². The molecule has 0 atom stereocenters. The van der Waals surface area contributed by atoms with Crippen molar-refractivity contribution in [3.63, 3.8) is 0 Å². The highest BCUT2D eigenvalue weighted by atomic mass is 19.4. The van der Waals surface area contributed by atoms with Crippen molar-refractivity contribution in [3.8, 4) is 0 Å². The molecule has 0 aromatic heterocycles. The zero-order chi connectivity index (χ0) is 24.3. The van der Waals surface area contributed by atoms with Crippen LogP contribution < -0.4 is 22.6 Å². The first-order chi connectivity index (χ1) is 14.6. The van der Waals surface area contributed by atoms with Crippen molar-refractivity contribution >= 4 is 18.2 Å². The van der Waals surface area contributed by atoms with E-state index in [-0.39, 0.29) is 23.7 Å². The van der Waals surface area contributed by atoms with Gasteiger partial charge in [-0.15, -0.1) is 0 Å². The number of halogens is 3. The van der Waals surface area contributed by atoms with Gasteiger partial charge in [-0.3, -0.25) is 19.9 Å². The fourth-order valence-electron chi connectivity index (χ4n) is 1.96. The molecule has 1 aliphatic heterocycles. The van der Waals surface area contributed by atoms with E-state index in [0.717, 1.165) is 25.2 Å². The van der Waals surface area contributed by atoms with E-state index in [2.05, 4.69) is 22.8 Å². The van der Waals surface area contributed by atoms with Crippen molar-refractivity contribution < 1.29 is 27.5 Å². The first kappa shape index (κ1) is 30.1. The van der Waals surface area contributed by atoms with Crippen molar-refractivity contribution in [1.82, 2.24) is 10.3 Å². The summed E-state index contributed by atoms with van der Waals surface area (Å²) in [4.78, 5) is 21.0. The summed E-state index contributed by atoms with van der Waals surface area (Å²) in [5.41, 5.74) is 16.5. The van der Waals surface area contributed by atoms with E-state index in [4.69, 9.17) is 21.0 Å². The van der Waals surface area contributed by atoms with Crippen LogP contribution in [0.1, 0.15) is 13.8 Å². The molecule has 0 spiro atoms. The van der Waals surface area contributed by atoms with Gasteiger partial charge in [0.15, 0.2) is 5.84 Å². The third-order valence-electron chi connectivity index (χ3n) is 3.37. The molecule has 31 heavy (non-hydrogen) atoms. The maximum absolute atomic E-state index is 12.5. The summed E-state index contributed by atoms with van der Waals surface area (Å²) in [5, 5.41) is 3.68. The Labute approximate surface area is 180 Å². The van der Waals surface area contributed by atoms with Gasteiger partial charge in [0, 0.05) is 24.9 Å². The molecular weight excluding hydrogens is 417 g/mol. The highest BCUT2D eigenvalue weighted by Crippen LogP contribution is 2.27. The molecule has 0 aromatic rings. The summed E-state index contributed by atoms with van der Waals surface area (Å²) in [6.45, 7) is 9.90. The maximum Gasteiger partial charge on any atom is 0.416 e. The predicted molar refractivity (Wildman–Crippen MR) is 114 cm³/mol. The van der Waals surface area contributed by atoms with Gasteiger partial charge in [0.25, 0.3) is 0 Å². The summed E-state index contributed by atoms with van der Waals surface area (Å²) in [6.07, 6.45) is 2.04. The molecular formula is C19H31F3N6O3. The molecule has 9 nitrogen and oxygen atoms in total. The molecule has 1 rings (SSSR count). The maximum atomic E-state index is 12.5. The van der Waals surface area contributed by atoms with Crippen LogP contribution in [-0.4, -0.2) is 62.1 Å². The predicted octanol–water partition coefficient (Wildman–Crippen LogP) is 0.908. The lowest BCUT2D eigenvalue weighted by atomic mass is 10.1. The number of morpholine rings is 1. The second-order valence-electron chi connectivity index (χ2n) is 5.66. The number of allylic oxidation sites excluding steroid dienone is 4. The number of hydrogen-bond acceptors (Lipinski definition) is 6. The largest absolute Gasteiger partial charge is 0.416 e. The van der Waals surface area contributed by atoms with Crippen LogP contribution in [0.15, 0.2) is 53.3 Å². The molecule has 1 heterocycles. The van der Waals surface area contributed by atoms with Gasteiger partial charge in [0.1, 0.15) is 0 Å².